The minimum absolute atomic E-state index is 0.0200. The zero-order chi connectivity index (χ0) is 18.7. The minimum Gasteiger partial charge on any atom is -0.497 e. The van der Waals surface area contributed by atoms with Crippen molar-refractivity contribution in [3.63, 3.8) is 0 Å². The molecule has 2 N–H and O–H groups in total. The molecule has 2 heterocycles. The van der Waals surface area contributed by atoms with Crippen molar-refractivity contribution in [1.29, 1.82) is 0 Å². The molecule has 0 bridgehead atoms. The van der Waals surface area contributed by atoms with E-state index in [-0.39, 0.29) is 6.16 Å². The number of nitrogens with zero attached hydrogens (tertiary/aromatic N) is 3. The molecule has 26 heavy (non-hydrogen) atoms. The summed E-state index contributed by atoms with van der Waals surface area (Å²) in [7, 11) is -2.26. The standard InChI is InChI=1S/C18H26N3O4P/c1-3-17-19-16-12-14(25-2)4-5-15(16)18(20-17)21-9-6-13(7-10-21)8-11-26(22,23)24/h4-5,12-13H,3,6-11H2,1-2H3,(H2,22,23,24). The number of anilines is 1. The first-order valence-electron chi connectivity index (χ1n) is 9.04. The van der Waals surface area contributed by atoms with Crippen LogP contribution in [0.1, 0.15) is 32.0 Å². The summed E-state index contributed by atoms with van der Waals surface area (Å²) in [6, 6.07) is 5.86. The molecule has 8 heteroatoms. The lowest BCUT2D eigenvalue weighted by molar-refractivity contribution is 0.350. The second-order valence-electron chi connectivity index (χ2n) is 6.81. The fraction of sp³-hybridized carbons (Fsp3) is 0.556. The molecule has 1 fully saturated rings. The van der Waals surface area contributed by atoms with Crippen molar-refractivity contribution < 1.29 is 19.1 Å². The summed E-state index contributed by atoms with van der Waals surface area (Å²) < 4.78 is 16.4. The van der Waals surface area contributed by atoms with E-state index < -0.39 is 7.60 Å². The number of rotatable bonds is 6. The van der Waals surface area contributed by atoms with Crippen LogP contribution in [0.4, 0.5) is 5.82 Å². The molecule has 2 aromatic rings. The largest absolute Gasteiger partial charge is 0.497 e. The SMILES string of the molecule is CCc1nc(N2CCC(CCP(=O)(O)O)CC2)c2ccc(OC)cc2n1. The smallest absolute Gasteiger partial charge is 0.325 e. The average Bonchev–Trinajstić information content (AvgIpc) is 2.64. The fourth-order valence-electron chi connectivity index (χ4n) is 3.45. The number of hydrogen-bond donors (Lipinski definition) is 2. The molecule has 0 radical (unpaired) electrons. The third-order valence-electron chi connectivity index (χ3n) is 4.99. The maximum atomic E-state index is 11.1. The van der Waals surface area contributed by atoms with Gasteiger partial charge >= 0.3 is 7.60 Å². The van der Waals surface area contributed by atoms with Gasteiger partial charge in [0.25, 0.3) is 0 Å². The Labute approximate surface area is 153 Å². The van der Waals surface area contributed by atoms with Gasteiger partial charge in [0.05, 0.1) is 18.8 Å². The predicted molar refractivity (Wildman–Crippen MR) is 102 cm³/mol. The van der Waals surface area contributed by atoms with Crippen molar-refractivity contribution in [2.75, 3.05) is 31.3 Å². The van der Waals surface area contributed by atoms with Gasteiger partial charge in [-0.15, -0.1) is 0 Å². The van der Waals surface area contributed by atoms with E-state index in [0.29, 0.717) is 12.3 Å². The van der Waals surface area contributed by atoms with Gasteiger partial charge in [-0.25, -0.2) is 9.97 Å². The molecule has 1 aromatic heterocycles. The number of aryl methyl sites for hydroxylation is 1. The van der Waals surface area contributed by atoms with Crippen molar-refractivity contribution in [2.24, 2.45) is 5.92 Å². The lowest BCUT2D eigenvalue weighted by Gasteiger charge is -2.33. The highest BCUT2D eigenvalue weighted by Crippen LogP contribution is 2.38. The highest BCUT2D eigenvalue weighted by molar-refractivity contribution is 7.51. The van der Waals surface area contributed by atoms with E-state index in [0.717, 1.165) is 60.6 Å². The first-order valence-corrected chi connectivity index (χ1v) is 10.8. The summed E-state index contributed by atoms with van der Waals surface area (Å²) in [6.07, 6.45) is 3.17. The topological polar surface area (TPSA) is 95.8 Å². The van der Waals surface area contributed by atoms with Crippen molar-refractivity contribution in [3.8, 4) is 5.75 Å². The predicted octanol–water partition coefficient (Wildman–Crippen LogP) is 2.99. The lowest BCUT2D eigenvalue weighted by Crippen LogP contribution is -2.34. The average molecular weight is 379 g/mol. The number of hydrogen-bond acceptors (Lipinski definition) is 5. The monoisotopic (exact) mass is 379 g/mol. The number of ether oxygens (including phenoxy) is 1. The molecular formula is C18H26N3O4P. The van der Waals surface area contributed by atoms with Gasteiger partial charge in [-0.1, -0.05) is 6.92 Å². The molecule has 3 rings (SSSR count). The number of aromatic nitrogens is 2. The highest BCUT2D eigenvalue weighted by Gasteiger charge is 2.24. The van der Waals surface area contributed by atoms with E-state index in [4.69, 9.17) is 19.5 Å². The van der Waals surface area contributed by atoms with Crippen molar-refractivity contribution in [2.45, 2.75) is 32.6 Å². The Kier molecular flexibility index (Phi) is 5.80. The Morgan fingerprint density at radius 1 is 1.27 bits per heavy atom. The Morgan fingerprint density at radius 2 is 2.00 bits per heavy atom. The summed E-state index contributed by atoms with van der Waals surface area (Å²) in [6.45, 7) is 3.72. The van der Waals surface area contributed by atoms with Crippen LogP contribution in [0.5, 0.6) is 5.75 Å². The Morgan fingerprint density at radius 3 is 2.62 bits per heavy atom. The molecule has 0 aliphatic carbocycles. The third kappa shape index (κ3) is 4.53. The van der Waals surface area contributed by atoms with Gasteiger partial charge in [0.15, 0.2) is 0 Å². The quantitative estimate of drug-likeness (QED) is 0.745. The molecule has 1 aliphatic rings. The lowest BCUT2D eigenvalue weighted by atomic mass is 9.94. The van der Waals surface area contributed by atoms with E-state index in [1.54, 1.807) is 7.11 Å². The van der Waals surface area contributed by atoms with Gasteiger partial charge in [-0.05, 0) is 37.3 Å². The molecule has 1 saturated heterocycles. The van der Waals surface area contributed by atoms with Gasteiger partial charge in [0.1, 0.15) is 17.4 Å². The van der Waals surface area contributed by atoms with Gasteiger partial charge < -0.3 is 19.4 Å². The van der Waals surface area contributed by atoms with E-state index in [2.05, 4.69) is 9.88 Å². The molecule has 0 unspecified atom stereocenters. The van der Waals surface area contributed by atoms with Crippen LogP contribution in [-0.4, -0.2) is 46.1 Å². The van der Waals surface area contributed by atoms with Crippen LogP contribution in [0, 0.1) is 5.92 Å². The summed E-state index contributed by atoms with van der Waals surface area (Å²) in [5.74, 6) is 2.89. The van der Waals surface area contributed by atoms with Gasteiger partial charge in [-0.2, -0.15) is 0 Å². The van der Waals surface area contributed by atoms with Crippen LogP contribution in [0.15, 0.2) is 18.2 Å². The number of piperidine rings is 1. The molecule has 0 atom stereocenters. The van der Waals surface area contributed by atoms with Crippen LogP contribution in [0.2, 0.25) is 0 Å². The molecule has 0 saturated carbocycles. The van der Waals surface area contributed by atoms with Gasteiger partial charge in [0.2, 0.25) is 0 Å². The van der Waals surface area contributed by atoms with Crippen LogP contribution in [0.25, 0.3) is 10.9 Å². The van der Waals surface area contributed by atoms with E-state index in [1.165, 1.54) is 0 Å². The molecule has 0 spiro atoms. The normalized spacial score (nSPS) is 16.2. The number of fused-ring (bicyclic) bond motifs is 1. The van der Waals surface area contributed by atoms with Gasteiger partial charge in [0, 0.05) is 31.0 Å². The van der Waals surface area contributed by atoms with Crippen LogP contribution < -0.4 is 9.64 Å². The zero-order valence-electron chi connectivity index (χ0n) is 15.3. The zero-order valence-corrected chi connectivity index (χ0v) is 16.2. The molecule has 142 valence electrons. The summed E-state index contributed by atoms with van der Waals surface area (Å²) >= 11 is 0. The Bertz CT molecular complexity index is 810. The number of benzene rings is 1. The molecule has 0 amide bonds. The minimum atomic E-state index is -3.90. The molecule has 1 aromatic carbocycles. The summed E-state index contributed by atoms with van der Waals surface area (Å²) in [4.78, 5) is 29.8. The second kappa shape index (κ2) is 7.91. The van der Waals surface area contributed by atoms with Crippen LogP contribution in [0.3, 0.4) is 0 Å². The first-order chi connectivity index (χ1) is 12.4. The van der Waals surface area contributed by atoms with Crippen LogP contribution in [-0.2, 0) is 11.0 Å². The third-order valence-corrected chi connectivity index (χ3v) is 5.83. The van der Waals surface area contributed by atoms with E-state index in [9.17, 15) is 4.57 Å². The highest BCUT2D eigenvalue weighted by atomic mass is 31.2. The van der Waals surface area contributed by atoms with Crippen molar-refractivity contribution in [3.05, 3.63) is 24.0 Å². The van der Waals surface area contributed by atoms with Crippen LogP contribution >= 0.6 is 7.60 Å². The Balaban J connectivity index is 1.79. The van der Waals surface area contributed by atoms with Crippen molar-refractivity contribution >= 4 is 24.3 Å². The summed E-state index contributed by atoms with van der Waals surface area (Å²) in [5, 5.41) is 1.01. The fourth-order valence-corrected chi connectivity index (χ4v) is 4.15. The van der Waals surface area contributed by atoms with Gasteiger partial charge in [-0.3, -0.25) is 4.57 Å². The summed E-state index contributed by atoms with van der Waals surface area (Å²) in [5.41, 5.74) is 0.884. The number of methoxy groups -OCH3 is 1. The maximum absolute atomic E-state index is 11.1. The maximum Gasteiger partial charge on any atom is 0.325 e. The van der Waals surface area contributed by atoms with E-state index in [1.807, 2.05) is 25.1 Å². The molecular weight excluding hydrogens is 353 g/mol. The van der Waals surface area contributed by atoms with Crippen molar-refractivity contribution in [1.82, 2.24) is 9.97 Å². The molecule has 7 nitrogen and oxygen atoms in total. The molecule has 1 aliphatic heterocycles. The van der Waals surface area contributed by atoms with E-state index >= 15 is 0 Å². The first kappa shape index (κ1) is 19.1. The Hall–Kier alpha value is -1.69. The second-order valence-corrected chi connectivity index (χ2v) is 8.58.